The monoisotopic (exact) mass is 318 g/mol. The minimum absolute atomic E-state index is 0.102. The highest BCUT2D eigenvalue weighted by molar-refractivity contribution is 6.75. The van der Waals surface area contributed by atoms with Crippen molar-refractivity contribution in [3.63, 3.8) is 0 Å². The number of hydrogen-bond acceptors (Lipinski definition) is 5. The Morgan fingerprint density at radius 2 is 1.41 bits per heavy atom. The Balaban J connectivity index is 2.42. The summed E-state index contributed by atoms with van der Waals surface area (Å²) in [5.74, 6) is 0. The molecule has 0 spiro atoms. The van der Waals surface area contributed by atoms with Gasteiger partial charge in [-0.1, -0.05) is 60.7 Å². The van der Waals surface area contributed by atoms with Crippen molar-refractivity contribution in [2.24, 2.45) is 11.5 Å². The van der Waals surface area contributed by atoms with Gasteiger partial charge in [0.15, 0.2) is 0 Å². The van der Waals surface area contributed by atoms with Crippen molar-refractivity contribution in [2.45, 2.75) is 5.72 Å². The largest absolute Gasteiger partial charge is 0.538 e. The number of hydrogen-bond donors (Lipinski definition) is 2. The molecule has 22 heavy (non-hydrogen) atoms. The van der Waals surface area contributed by atoms with Gasteiger partial charge in [0.2, 0.25) is 0 Å². The van der Waals surface area contributed by atoms with Crippen molar-refractivity contribution < 1.29 is 13.3 Å². The second-order valence-electron chi connectivity index (χ2n) is 4.89. The molecule has 0 radical (unpaired) electrons. The van der Waals surface area contributed by atoms with Crippen LogP contribution in [-0.4, -0.2) is 29.6 Å². The summed E-state index contributed by atoms with van der Waals surface area (Å²) in [6, 6.07) is 19.0. The van der Waals surface area contributed by atoms with Gasteiger partial charge < -0.3 is 19.0 Å². The summed E-state index contributed by atoms with van der Waals surface area (Å²) in [6.45, 7) is 0.102. The molecule has 1 atom stereocenters. The number of benzene rings is 2. The van der Waals surface area contributed by atoms with E-state index in [4.69, 9.17) is 24.7 Å². The average molecular weight is 318 g/mol. The van der Waals surface area contributed by atoms with E-state index in [0.717, 1.165) is 10.8 Å². The molecule has 4 N–H and O–H groups in total. The van der Waals surface area contributed by atoms with Crippen molar-refractivity contribution in [1.82, 2.24) is 0 Å². The lowest BCUT2D eigenvalue weighted by Gasteiger charge is -2.37. The molecular formula is C16H22N2O3Si. The Morgan fingerprint density at radius 3 is 1.86 bits per heavy atom. The molecule has 2 aromatic rings. The smallest absolute Gasteiger partial charge is 0.373 e. The highest BCUT2D eigenvalue weighted by atomic mass is 28.4. The predicted octanol–water partition coefficient (Wildman–Crippen LogP) is 0.912. The van der Waals surface area contributed by atoms with E-state index in [1.165, 1.54) is 0 Å². The van der Waals surface area contributed by atoms with Gasteiger partial charge in [0.25, 0.3) is 0 Å². The molecular weight excluding hydrogens is 296 g/mol. The molecule has 1 unspecified atom stereocenters. The van der Waals surface area contributed by atoms with E-state index in [-0.39, 0.29) is 6.54 Å². The summed E-state index contributed by atoms with van der Waals surface area (Å²) < 4.78 is 17.5. The van der Waals surface area contributed by atoms with Gasteiger partial charge in [-0.15, -0.1) is 0 Å². The van der Waals surface area contributed by atoms with Crippen LogP contribution >= 0.6 is 0 Å². The molecule has 0 fully saturated rings. The van der Waals surface area contributed by atoms with Crippen LogP contribution in [0.4, 0.5) is 0 Å². The van der Waals surface area contributed by atoms with Crippen molar-refractivity contribution in [3.05, 3.63) is 66.2 Å². The van der Waals surface area contributed by atoms with Crippen LogP contribution < -0.4 is 16.7 Å². The summed E-state index contributed by atoms with van der Waals surface area (Å²) in [6.07, 6.45) is 0. The van der Waals surface area contributed by atoms with Gasteiger partial charge in [0, 0.05) is 26.0 Å². The van der Waals surface area contributed by atoms with Crippen LogP contribution in [0.5, 0.6) is 0 Å². The Bertz CT molecular complexity index is 578. The summed E-state index contributed by atoms with van der Waals surface area (Å²) in [5.41, 5.74) is 11.9. The van der Waals surface area contributed by atoms with Crippen LogP contribution in [0.1, 0.15) is 5.56 Å². The maximum absolute atomic E-state index is 6.42. The highest BCUT2D eigenvalue weighted by Gasteiger charge is 2.48. The standard InChI is InChI=1S/C16H22N2O3Si/c1-19-22(20-2,15-11-7-4-8-12-15)21-16(18,13-17)14-9-5-3-6-10-14/h3-12H,13,17-18H2,1-2H3. The quantitative estimate of drug-likeness (QED) is 0.586. The predicted molar refractivity (Wildman–Crippen MR) is 88.3 cm³/mol. The van der Waals surface area contributed by atoms with E-state index in [9.17, 15) is 0 Å². The molecule has 6 heteroatoms. The average Bonchev–Trinajstić information content (AvgIpc) is 2.61. The van der Waals surface area contributed by atoms with Crippen LogP contribution in [0, 0.1) is 0 Å². The molecule has 2 rings (SSSR count). The van der Waals surface area contributed by atoms with Gasteiger partial charge in [-0.2, -0.15) is 0 Å². The molecule has 0 aliphatic rings. The number of rotatable bonds is 7. The summed E-state index contributed by atoms with van der Waals surface area (Å²) in [4.78, 5) is 0. The number of nitrogens with two attached hydrogens (primary N) is 2. The minimum Gasteiger partial charge on any atom is -0.373 e. The van der Waals surface area contributed by atoms with Crippen molar-refractivity contribution in [1.29, 1.82) is 0 Å². The summed E-state index contributed by atoms with van der Waals surface area (Å²) in [5, 5.41) is 0.833. The van der Waals surface area contributed by atoms with Gasteiger partial charge >= 0.3 is 8.80 Å². The van der Waals surface area contributed by atoms with Crippen LogP contribution in [-0.2, 0) is 19.0 Å². The fourth-order valence-electron chi connectivity index (χ4n) is 2.28. The molecule has 0 heterocycles. The minimum atomic E-state index is -3.16. The van der Waals surface area contributed by atoms with Crippen molar-refractivity contribution in [2.75, 3.05) is 20.8 Å². The van der Waals surface area contributed by atoms with Crippen LogP contribution in [0.15, 0.2) is 60.7 Å². The van der Waals surface area contributed by atoms with Crippen LogP contribution in [0.2, 0.25) is 0 Å². The molecule has 0 aromatic heterocycles. The second-order valence-corrected chi connectivity index (χ2v) is 7.60. The van der Waals surface area contributed by atoms with E-state index in [2.05, 4.69) is 0 Å². The third-order valence-corrected chi connectivity index (χ3v) is 6.30. The van der Waals surface area contributed by atoms with E-state index < -0.39 is 14.5 Å². The first-order valence-electron chi connectivity index (χ1n) is 7.00. The van der Waals surface area contributed by atoms with Crippen molar-refractivity contribution >= 4 is 14.0 Å². The molecule has 5 nitrogen and oxygen atoms in total. The zero-order valence-corrected chi connectivity index (χ0v) is 13.9. The normalized spacial score (nSPS) is 14.5. The Morgan fingerprint density at radius 1 is 0.909 bits per heavy atom. The molecule has 0 bridgehead atoms. The maximum atomic E-state index is 6.42. The highest BCUT2D eigenvalue weighted by Crippen LogP contribution is 2.24. The van der Waals surface area contributed by atoms with Crippen molar-refractivity contribution in [3.8, 4) is 0 Å². The molecule has 0 amide bonds. The zero-order valence-electron chi connectivity index (χ0n) is 12.9. The first-order chi connectivity index (χ1) is 10.6. The first-order valence-corrected chi connectivity index (χ1v) is 8.73. The topological polar surface area (TPSA) is 79.7 Å². The van der Waals surface area contributed by atoms with E-state index >= 15 is 0 Å². The van der Waals surface area contributed by atoms with E-state index in [1.54, 1.807) is 14.2 Å². The first kappa shape index (κ1) is 16.8. The molecule has 118 valence electrons. The third kappa shape index (κ3) is 3.27. The fourth-order valence-corrected chi connectivity index (χ4v) is 4.49. The van der Waals surface area contributed by atoms with E-state index in [1.807, 2.05) is 60.7 Å². The lowest BCUT2D eigenvalue weighted by Crippen LogP contribution is -2.63. The Kier molecular flexibility index (Phi) is 5.46. The molecule has 0 saturated carbocycles. The summed E-state index contributed by atoms with van der Waals surface area (Å²) in [7, 11) is -0.0434. The van der Waals surface area contributed by atoms with Crippen LogP contribution in [0.25, 0.3) is 0 Å². The Labute approximate surface area is 132 Å². The van der Waals surface area contributed by atoms with Crippen LogP contribution in [0.3, 0.4) is 0 Å². The van der Waals surface area contributed by atoms with Gasteiger partial charge in [0.1, 0.15) is 5.72 Å². The zero-order chi connectivity index (χ0) is 16.1. The molecule has 0 aliphatic heterocycles. The van der Waals surface area contributed by atoms with Gasteiger partial charge in [-0.3, -0.25) is 5.73 Å². The van der Waals surface area contributed by atoms with E-state index in [0.29, 0.717) is 0 Å². The maximum Gasteiger partial charge on any atom is 0.538 e. The van der Waals surface area contributed by atoms with Gasteiger partial charge in [0.05, 0.1) is 0 Å². The summed E-state index contributed by atoms with van der Waals surface area (Å²) >= 11 is 0. The van der Waals surface area contributed by atoms with Gasteiger partial charge in [-0.25, -0.2) is 0 Å². The Hall–Kier alpha value is -1.54. The lowest BCUT2D eigenvalue weighted by atomic mass is 10.0. The SMILES string of the molecule is CO[Si](OC)(OC(N)(CN)c1ccccc1)c1ccccc1. The fraction of sp³-hybridized carbons (Fsp3) is 0.250. The molecule has 0 saturated heterocycles. The lowest BCUT2D eigenvalue weighted by molar-refractivity contribution is -0.00278. The molecule has 2 aromatic carbocycles. The second kappa shape index (κ2) is 7.15. The van der Waals surface area contributed by atoms with Gasteiger partial charge in [-0.05, 0) is 5.56 Å². The third-order valence-electron chi connectivity index (χ3n) is 3.55. The molecule has 0 aliphatic carbocycles.